The third-order valence-electron chi connectivity index (χ3n) is 6.11. The van der Waals surface area contributed by atoms with Crippen LogP contribution in [0.15, 0.2) is 24.3 Å². The molecule has 1 saturated heterocycles. The highest BCUT2D eigenvalue weighted by Crippen LogP contribution is 2.58. The molecule has 1 aromatic carbocycles. The summed E-state index contributed by atoms with van der Waals surface area (Å²) in [5, 5.41) is 6.59. The molecule has 2 fully saturated rings. The molecule has 1 spiro atoms. The summed E-state index contributed by atoms with van der Waals surface area (Å²) in [7, 11) is 0. The van der Waals surface area contributed by atoms with Crippen LogP contribution in [-0.4, -0.2) is 38.1 Å². The Balaban J connectivity index is 1.29. The molecule has 4 rings (SSSR count). The van der Waals surface area contributed by atoms with Crippen molar-refractivity contribution in [2.75, 3.05) is 31.1 Å². The van der Waals surface area contributed by atoms with Gasteiger partial charge in [-0.15, -0.1) is 0 Å². The van der Waals surface area contributed by atoms with E-state index in [1.807, 2.05) is 0 Å². The quantitative estimate of drug-likeness (QED) is 0.893. The van der Waals surface area contributed by atoms with Crippen molar-refractivity contribution in [2.45, 2.75) is 38.6 Å². The van der Waals surface area contributed by atoms with Crippen LogP contribution in [0.4, 0.5) is 5.69 Å². The average molecular weight is 313 g/mol. The fraction of sp³-hybridized carbons (Fsp3) is 0.632. The molecule has 1 aliphatic carbocycles. The van der Waals surface area contributed by atoms with Gasteiger partial charge in [0.25, 0.3) is 0 Å². The van der Waals surface area contributed by atoms with Gasteiger partial charge in [0.15, 0.2) is 0 Å². The Morgan fingerprint density at radius 1 is 1.35 bits per heavy atom. The molecule has 3 aliphatic rings. The molecule has 4 heteroatoms. The van der Waals surface area contributed by atoms with E-state index in [0.717, 1.165) is 39.0 Å². The number of hydrogen-bond acceptors (Lipinski definition) is 3. The minimum Gasteiger partial charge on any atom is -0.367 e. The molecule has 2 N–H and O–H groups in total. The zero-order valence-corrected chi connectivity index (χ0v) is 14.0. The molecule has 2 aliphatic heterocycles. The summed E-state index contributed by atoms with van der Waals surface area (Å²) in [6.07, 6.45) is 4.55. The molecule has 0 aromatic heterocycles. The van der Waals surface area contributed by atoms with E-state index in [1.54, 1.807) is 0 Å². The second-order valence-corrected chi connectivity index (χ2v) is 7.54. The molecule has 1 saturated carbocycles. The fourth-order valence-electron chi connectivity index (χ4n) is 4.59. The van der Waals surface area contributed by atoms with Crippen molar-refractivity contribution in [1.82, 2.24) is 10.6 Å². The Hall–Kier alpha value is -1.55. The zero-order valence-electron chi connectivity index (χ0n) is 14.0. The van der Waals surface area contributed by atoms with E-state index < -0.39 is 0 Å². The van der Waals surface area contributed by atoms with Crippen molar-refractivity contribution in [2.24, 2.45) is 11.3 Å². The molecule has 1 aromatic rings. The Morgan fingerprint density at radius 3 is 2.96 bits per heavy atom. The molecule has 2 heterocycles. The number of hydrogen-bond donors (Lipinski definition) is 2. The number of nitrogens with zero attached hydrogens (tertiary/aromatic N) is 1. The molecule has 1 amide bonds. The predicted octanol–water partition coefficient (Wildman–Crippen LogP) is 1.94. The predicted molar refractivity (Wildman–Crippen MR) is 92.6 cm³/mol. The highest BCUT2D eigenvalue weighted by Gasteiger charge is 2.57. The van der Waals surface area contributed by atoms with E-state index in [-0.39, 0.29) is 11.8 Å². The van der Waals surface area contributed by atoms with Crippen molar-refractivity contribution in [3.63, 3.8) is 0 Å². The summed E-state index contributed by atoms with van der Waals surface area (Å²) >= 11 is 0. The number of fused-ring (bicyclic) bond motifs is 1. The van der Waals surface area contributed by atoms with E-state index in [2.05, 4.69) is 46.7 Å². The number of carbonyl (C=O) groups is 1. The maximum Gasteiger partial charge on any atom is 0.223 e. The number of amides is 1. The van der Waals surface area contributed by atoms with Gasteiger partial charge in [-0.05, 0) is 62.7 Å². The van der Waals surface area contributed by atoms with Crippen molar-refractivity contribution < 1.29 is 4.79 Å². The number of carbonyl (C=O) groups excluding carboxylic acids is 1. The zero-order chi connectivity index (χ0) is 15.9. The summed E-state index contributed by atoms with van der Waals surface area (Å²) < 4.78 is 0. The van der Waals surface area contributed by atoms with Crippen LogP contribution < -0.4 is 15.5 Å². The number of nitrogens with one attached hydrogen (secondary N) is 2. The topological polar surface area (TPSA) is 44.4 Å². The standard InChI is InChI=1S/C19H27N3O/c1-14-12-15-4-2-3-5-17(15)22(14)11-10-21-18(23)16-13-19(16)6-8-20-9-7-19/h2-5,14,16,20H,6-13H2,1H3,(H,21,23). The first kappa shape index (κ1) is 15.0. The number of piperidine rings is 1. The number of benzene rings is 1. The van der Waals surface area contributed by atoms with Crippen molar-refractivity contribution >= 4 is 11.6 Å². The fourth-order valence-corrected chi connectivity index (χ4v) is 4.59. The van der Waals surface area contributed by atoms with Crippen molar-refractivity contribution in [3.05, 3.63) is 29.8 Å². The van der Waals surface area contributed by atoms with Crippen LogP contribution in [0.2, 0.25) is 0 Å². The van der Waals surface area contributed by atoms with Gasteiger partial charge in [-0.2, -0.15) is 0 Å². The smallest absolute Gasteiger partial charge is 0.223 e. The molecule has 4 nitrogen and oxygen atoms in total. The van der Waals surface area contributed by atoms with Gasteiger partial charge in [-0.1, -0.05) is 18.2 Å². The van der Waals surface area contributed by atoms with E-state index in [9.17, 15) is 4.79 Å². The van der Waals surface area contributed by atoms with Crippen LogP contribution in [0.5, 0.6) is 0 Å². The average Bonchev–Trinajstić information content (AvgIpc) is 3.15. The van der Waals surface area contributed by atoms with Gasteiger partial charge in [0.1, 0.15) is 0 Å². The monoisotopic (exact) mass is 313 g/mol. The third kappa shape index (κ3) is 2.74. The lowest BCUT2D eigenvalue weighted by Gasteiger charge is -2.25. The molecular weight excluding hydrogens is 286 g/mol. The maximum atomic E-state index is 12.4. The van der Waals surface area contributed by atoms with E-state index in [0.29, 0.717) is 11.5 Å². The van der Waals surface area contributed by atoms with Gasteiger partial charge in [-0.25, -0.2) is 0 Å². The minimum atomic E-state index is 0.271. The summed E-state index contributed by atoms with van der Waals surface area (Å²) in [4.78, 5) is 14.9. The lowest BCUT2D eigenvalue weighted by Crippen LogP contribution is -2.39. The molecule has 2 atom stereocenters. The largest absolute Gasteiger partial charge is 0.367 e. The SMILES string of the molecule is CC1Cc2ccccc2N1CCNC(=O)C1CC12CCNCC2. The van der Waals surface area contributed by atoms with Gasteiger partial charge in [-0.3, -0.25) is 4.79 Å². The number of para-hydroxylation sites is 1. The maximum absolute atomic E-state index is 12.4. The first-order valence-electron chi connectivity index (χ1n) is 9.03. The Labute approximate surface area is 138 Å². The van der Waals surface area contributed by atoms with Crippen LogP contribution in [0.3, 0.4) is 0 Å². The first-order valence-corrected chi connectivity index (χ1v) is 9.03. The lowest BCUT2D eigenvalue weighted by molar-refractivity contribution is -0.123. The second kappa shape index (κ2) is 5.82. The molecule has 0 bridgehead atoms. The lowest BCUT2D eigenvalue weighted by atomic mass is 9.92. The van der Waals surface area contributed by atoms with Gasteiger partial charge in [0.05, 0.1) is 0 Å². The van der Waals surface area contributed by atoms with Crippen molar-refractivity contribution in [1.29, 1.82) is 0 Å². The summed E-state index contributed by atoms with van der Waals surface area (Å²) in [5.74, 6) is 0.555. The Kier molecular flexibility index (Phi) is 3.80. The molecule has 0 radical (unpaired) electrons. The summed E-state index contributed by atoms with van der Waals surface area (Å²) in [6.45, 7) is 6.08. The minimum absolute atomic E-state index is 0.271. The van der Waals surface area contributed by atoms with Crippen LogP contribution in [-0.2, 0) is 11.2 Å². The number of rotatable bonds is 4. The van der Waals surface area contributed by atoms with Crippen LogP contribution in [0.1, 0.15) is 31.7 Å². The Bertz CT molecular complexity index is 594. The molecule has 2 unspecified atom stereocenters. The van der Waals surface area contributed by atoms with Gasteiger partial charge < -0.3 is 15.5 Å². The van der Waals surface area contributed by atoms with Crippen LogP contribution in [0.25, 0.3) is 0 Å². The van der Waals surface area contributed by atoms with Gasteiger partial charge >= 0.3 is 0 Å². The van der Waals surface area contributed by atoms with Crippen molar-refractivity contribution in [3.8, 4) is 0 Å². The van der Waals surface area contributed by atoms with Gasteiger partial charge in [0.2, 0.25) is 5.91 Å². The Morgan fingerprint density at radius 2 is 2.13 bits per heavy atom. The second-order valence-electron chi connectivity index (χ2n) is 7.54. The number of anilines is 1. The van der Waals surface area contributed by atoms with E-state index in [1.165, 1.54) is 24.1 Å². The summed E-state index contributed by atoms with van der Waals surface area (Å²) in [5.41, 5.74) is 3.11. The highest BCUT2D eigenvalue weighted by atomic mass is 16.2. The highest BCUT2D eigenvalue weighted by molar-refractivity contribution is 5.82. The summed E-state index contributed by atoms with van der Waals surface area (Å²) in [6, 6.07) is 9.16. The normalized spacial score (nSPS) is 27.8. The molecule has 124 valence electrons. The third-order valence-corrected chi connectivity index (χ3v) is 6.11. The first-order chi connectivity index (χ1) is 11.2. The molecular formula is C19H27N3O. The van der Waals surface area contributed by atoms with Crippen LogP contribution >= 0.6 is 0 Å². The molecule has 23 heavy (non-hydrogen) atoms. The van der Waals surface area contributed by atoms with E-state index in [4.69, 9.17) is 0 Å². The van der Waals surface area contributed by atoms with Gasteiger partial charge in [0, 0.05) is 30.7 Å². The van der Waals surface area contributed by atoms with E-state index >= 15 is 0 Å². The van der Waals surface area contributed by atoms with Crippen LogP contribution in [0, 0.1) is 11.3 Å².